The third kappa shape index (κ3) is 7.10. The minimum atomic E-state index is -0.0557. The summed E-state index contributed by atoms with van der Waals surface area (Å²) in [5, 5.41) is 19.7. The summed E-state index contributed by atoms with van der Waals surface area (Å²) in [6, 6.07) is 15.7. The summed E-state index contributed by atoms with van der Waals surface area (Å²) >= 11 is 0. The molecule has 0 aliphatic carbocycles. The average Bonchev–Trinajstić information content (AvgIpc) is 2.73. The molecule has 0 saturated carbocycles. The number of rotatable bonds is 14. The Hall–Kier alpha value is -1.96. The Kier molecular flexibility index (Phi) is 10.1. The zero-order valence-electron chi connectivity index (χ0n) is 18.5. The summed E-state index contributed by atoms with van der Waals surface area (Å²) in [5.41, 5.74) is 2.51. The molecule has 0 unspecified atom stereocenters. The molecule has 160 valence electrons. The second-order valence-electron chi connectivity index (χ2n) is 8.50. The van der Waals surface area contributed by atoms with E-state index in [-0.39, 0.29) is 5.41 Å². The highest BCUT2D eigenvalue weighted by molar-refractivity contribution is 5.43. The lowest BCUT2D eigenvalue weighted by Gasteiger charge is -2.36. The van der Waals surface area contributed by atoms with Crippen molar-refractivity contribution in [3.63, 3.8) is 0 Å². The van der Waals surface area contributed by atoms with E-state index in [1.165, 1.54) is 75.3 Å². The smallest absolute Gasteiger partial charge is 0.115 e. The van der Waals surface area contributed by atoms with Crippen molar-refractivity contribution in [2.75, 3.05) is 0 Å². The van der Waals surface area contributed by atoms with Crippen molar-refractivity contribution in [1.82, 2.24) is 0 Å². The Labute approximate surface area is 178 Å². The summed E-state index contributed by atoms with van der Waals surface area (Å²) in [4.78, 5) is 0. The monoisotopic (exact) mass is 396 g/mol. The van der Waals surface area contributed by atoms with Crippen molar-refractivity contribution in [1.29, 1.82) is 0 Å². The minimum Gasteiger partial charge on any atom is -0.508 e. The van der Waals surface area contributed by atoms with Crippen LogP contribution in [0.4, 0.5) is 0 Å². The third-order valence-corrected chi connectivity index (χ3v) is 6.25. The van der Waals surface area contributed by atoms with Crippen molar-refractivity contribution in [3.05, 3.63) is 59.7 Å². The standard InChI is InChI=1S/C27H40O2/c1-3-5-7-9-11-21-27(22-12-10-8-6-4-2,23-13-17-25(28)18-14-23)24-15-19-26(29)20-16-24/h13-20,28-29H,3-12,21-22H2,1-2H3. The van der Waals surface area contributed by atoms with E-state index in [2.05, 4.69) is 38.1 Å². The van der Waals surface area contributed by atoms with E-state index >= 15 is 0 Å². The van der Waals surface area contributed by atoms with E-state index in [9.17, 15) is 10.2 Å². The van der Waals surface area contributed by atoms with Crippen LogP contribution in [0.1, 0.15) is 102 Å². The van der Waals surface area contributed by atoms with Crippen LogP contribution < -0.4 is 0 Å². The average molecular weight is 397 g/mol. The number of phenols is 2. The molecule has 0 aromatic heterocycles. The fraction of sp³-hybridized carbons (Fsp3) is 0.556. The van der Waals surface area contributed by atoms with E-state index < -0.39 is 0 Å². The molecular weight excluding hydrogens is 356 g/mol. The maximum absolute atomic E-state index is 9.84. The van der Waals surface area contributed by atoms with E-state index in [4.69, 9.17) is 0 Å². The van der Waals surface area contributed by atoms with Crippen LogP contribution in [0.25, 0.3) is 0 Å². The molecule has 0 amide bonds. The second kappa shape index (κ2) is 12.6. The third-order valence-electron chi connectivity index (χ3n) is 6.25. The Balaban J connectivity index is 2.30. The van der Waals surface area contributed by atoms with Gasteiger partial charge in [0, 0.05) is 5.41 Å². The van der Waals surface area contributed by atoms with Gasteiger partial charge >= 0.3 is 0 Å². The molecule has 2 aromatic carbocycles. The van der Waals surface area contributed by atoms with Gasteiger partial charge in [0.2, 0.25) is 0 Å². The normalized spacial score (nSPS) is 11.7. The van der Waals surface area contributed by atoms with E-state index in [0.29, 0.717) is 11.5 Å². The quantitative estimate of drug-likeness (QED) is 0.317. The van der Waals surface area contributed by atoms with Crippen LogP contribution in [0.3, 0.4) is 0 Å². The number of aromatic hydroxyl groups is 2. The van der Waals surface area contributed by atoms with Crippen LogP contribution in [0.2, 0.25) is 0 Å². The van der Waals surface area contributed by atoms with Gasteiger partial charge in [-0.15, -0.1) is 0 Å². The molecule has 0 atom stereocenters. The van der Waals surface area contributed by atoms with Gasteiger partial charge in [0.25, 0.3) is 0 Å². The van der Waals surface area contributed by atoms with Gasteiger partial charge < -0.3 is 10.2 Å². The fourth-order valence-electron chi connectivity index (χ4n) is 4.49. The predicted octanol–water partition coefficient (Wildman–Crippen LogP) is 8.10. The molecular formula is C27H40O2. The van der Waals surface area contributed by atoms with Gasteiger partial charge in [-0.2, -0.15) is 0 Å². The Morgan fingerprint density at radius 2 is 0.862 bits per heavy atom. The first-order chi connectivity index (χ1) is 14.1. The van der Waals surface area contributed by atoms with Crippen LogP contribution in [-0.2, 0) is 5.41 Å². The summed E-state index contributed by atoms with van der Waals surface area (Å²) < 4.78 is 0. The van der Waals surface area contributed by atoms with Gasteiger partial charge in [-0.25, -0.2) is 0 Å². The molecule has 2 heteroatoms. The van der Waals surface area contributed by atoms with Gasteiger partial charge in [-0.3, -0.25) is 0 Å². The van der Waals surface area contributed by atoms with E-state index in [0.717, 1.165) is 12.8 Å². The van der Waals surface area contributed by atoms with Crippen molar-refractivity contribution >= 4 is 0 Å². The molecule has 0 bridgehead atoms. The SMILES string of the molecule is CCCCCCCC(CCCCCCC)(c1ccc(O)cc1)c1ccc(O)cc1. The highest BCUT2D eigenvalue weighted by Gasteiger charge is 2.33. The van der Waals surface area contributed by atoms with Crippen molar-refractivity contribution < 1.29 is 10.2 Å². The van der Waals surface area contributed by atoms with Gasteiger partial charge in [0.05, 0.1) is 0 Å². The summed E-state index contributed by atoms with van der Waals surface area (Å²) in [7, 11) is 0. The zero-order chi connectivity index (χ0) is 21.0. The van der Waals surface area contributed by atoms with Gasteiger partial charge in [-0.1, -0.05) is 102 Å². The number of hydrogen-bond acceptors (Lipinski definition) is 2. The molecule has 0 aliphatic rings. The molecule has 0 aliphatic heterocycles. The first-order valence-electron chi connectivity index (χ1n) is 11.7. The van der Waals surface area contributed by atoms with Crippen LogP contribution in [-0.4, -0.2) is 10.2 Å². The van der Waals surface area contributed by atoms with Crippen molar-refractivity contribution in [2.45, 2.75) is 96.3 Å². The molecule has 0 radical (unpaired) electrons. The van der Waals surface area contributed by atoms with Gasteiger partial charge in [-0.05, 0) is 48.2 Å². The first-order valence-corrected chi connectivity index (χ1v) is 11.7. The Morgan fingerprint density at radius 1 is 0.517 bits per heavy atom. The Morgan fingerprint density at radius 3 is 1.21 bits per heavy atom. The van der Waals surface area contributed by atoms with Gasteiger partial charge in [0.15, 0.2) is 0 Å². The second-order valence-corrected chi connectivity index (χ2v) is 8.50. The summed E-state index contributed by atoms with van der Waals surface area (Å²) in [5.74, 6) is 0.637. The molecule has 2 rings (SSSR count). The van der Waals surface area contributed by atoms with Crippen LogP contribution in [0, 0.1) is 0 Å². The molecule has 0 fully saturated rings. The number of benzene rings is 2. The number of hydrogen-bond donors (Lipinski definition) is 2. The predicted molar refractivity (Wildman–Crippen MR) is 124 cm³/mol. The van der Waals surface area contributed by atoms with Crippen molar-refractivity contribution in [3.8, 4) is 11.5 Å². The van der Waals surface area contributed by atoms with Gasteiger partial charge in [0.1, 0.15) is 11.5 Å². The van der Waals surface area contributed by atoms with E-state index in [1.807, 2.05) is 24.3 Å². The molecule has 0 heterocycles. The zero-order valence-corrected chi connectivity index (χ0v) is 18.5. The summed E-state index contributed by atoms with van der Waals surface area (Å²) in [6.07, 6.45) is 14.9. The Bertz CT molecular complexity index is 611. The van der Waals surface area contributed by atoms with Crippen LogP contribution in [0.15, 0.2) is 48.5 Å². The molecule has 2 aromatic rings. The minimum absolute atomic E-state index is 0.0557. The van der Waals surface area contributed by atoms with Crippen LogP contribution in [0.5, 0.6) is 11.5 Å². The fourth-order valence-corrected chi connectivity index (χ4v) is 4.49. The topological polar surface area (TPSA) is 40.5 Å². The van der Waals surface area contributed by atoms with E-state index in [1.54, 1.807) is 0 Å². The molecule has 0 saturated heterocycles. The number of phenolic OH excluding ortho intramolecular Hbond substituents is 2. The maximum Gasteiger partial charge on any atom is 0.115 e. The lowest BCUT2D eigenvalue weighted by molar-refractivity contribution is 0.389. The molecule has 2 N–H and O–H groups in total. The molecule has 0 spiro atoms. The molecule has 2 nitrogen and oxygen atoms in total. The molecule has 29 heavy (non-hydrogen) atoms. The summed E-state index contributed by atoms with van der Waals surface area (Å²) in [6.45, 7) is 4.51. The lowest BCUT2D eigenvalue weighted by atomic mass is 9.68. The lowest BCUT2D eigenvalue weighted by Crippen LogP contribution is -2.28. The maximum atomic E-state index is 9.84. The highest BCUT2D eigenvalue weighted by Crippen LogP contribution is 2.43. The van der Waals surface area contributed by atoms with Crippen LogP contribution >= 0.6 is 0 Å². The number of unbranched alkanes of at least 4 members (excludes halogenated alkanes) is 8. The highest BCUT2D eigenvalue weighted by atomic mass is 16.3. The van der Waals surface area contributed by atoms with Crippen molar-refractivity contribution in [2.24, 2.45) is 0 Å². The first kappa shape index (κ1) is 23.3. The largest absolute Gasteiger partial charge is 0.508 e.